The highest BCUT2D eigenvalue weighted by molar-refractivity contribution is 8.93. The minimum absolute atomic E-state index is 0. The molecule has 1 unspecified atom stereocenters. The van der Waals surface area contributed by atoms with Gasteiger partial charge in [0.2, 0.25) is 0 Å². The third kappa shape index (κ3) is 2.55. The summed E-state index contributed by atoms with van der Waals surface area (Å²) in [5.74, 6) is -0.273. The minimum Gasteiger partial charge on any atom is -0.468 e. The molecular weight excluding hydrogens is 357 g/mol. The van der Waals surface area contributed by atoms with E-state index < -0.39 is 0 Å². The predicted octanol–water partition coefficient (Wildman–Crippen LogP) is 2.17. The lowest BCUT2D eigenvalue weighted by Gasteiger charge is -2.26. The molecule has 1 aromatic carbocycles. The van der Waals surface area contributed by atoms with Gasteiger partial charge in [-0.3, -0.25) is 14.7 Å². The molecule has 0 aromatic heterocycles. The van der Waals surface area contributed by atoms with Crippen molar-refractivity contribution in [1.29, 1.82) is 0 Å². The van der Waals surface area contributed by atoms with Crippen LogP contribution in [0, 0.1) is 0 Å². The van der Waals surface area contributed by atoms with Crippen LogP contribution in [0.1, 0.15) is 5.56 Å². The fourth-order valence-electron chi connectivity index (χ4n) is 2.16. The van der Waals surface area contributed by atoms with Gasteiger partial charge in [0.1, 0.15) is 0 Å². The number of nitrogens with one attached hydrogen (secondary N) is 1. The van der Waals surface area contributed by atoms with Crippen LogP contribution in [-0.2, 0) is 16.1 Å². The zero-order chi connectivity index (χ0) is 12.9. The molecule has 0 bridgehead atoms. The van der Waals surface area contributed by atoms with Crippen molar-refractivity contribution in [3.8, 4) is 0 Å². The van der Waals surface area contributed by atoms with Gasteiger partial charge in [0.05, 0.1) is 29.4 Å². The number of hydrogen-bond acceptors (Lipinski definition) is 5. The molecule has 1 aromatic rings. The third-order valence-electron chi connectivity index (χ3n) is 3.13. The maximum atomic E-state index is 11.3. The Morgan fingerprint density at radius 3 is 2.95 bits per heavy atom. The molecule has 1 fully saturated rings. The summed E-state index contributed by atoms with van der Waals surface area (Å²) in [6.45, 7) is 0.783. The molecule has 0 radical (unpaired) electrons. The first kappa shape index (κ1) is 14.9. The SMILES string of the molecule is Br.COC(=O)CN1Cc2c(ccc(Cl)c2Cl)N2NC12. The van der Waals surface area contributed by atoms with Gasteiger partial charge >= 0.3 is 5.97 Å². The van der Waals surface area contributed by atoms with Crippen molar-refractivity contribution in [3.05, 3.63) is 27.7 Å². The second-order valence-electron chi connectivity index (χ2n) is 4.21. The highest BCUT2D eigenvalue weighted by atomic mass is 79.9. The van der Waals surface area contributed by atoms with Crippen LogP contribution in [0.15, 0.2) is 12.1 Å². The van der Waals surface area contributed by atoms with E-state index in [4.69, 9.17) is 23.2 Å². The number of benzene rings is 1. The smallest absolute Gasteiger partial charge is 0.319 e. The van der Waals surface area contributed by atoms with E-state index in [-0.39, 0.29) is 35.8 Å². The van der Waals surface area contributed by atoms with Crippen LogP contribution in [0.4, 0.5) is 5.69 Å². The molecule has 2 aliphatic heterocycles. The van der Waals surface area contributed by atoms with Crippen molar-refractivity contribution in [2.45, 2.75) is 12.8 Å². The molecule has 0 aliphatic carbocycles. The maximum Gasteiger partial charge on any atom is 0.319 e. The standard InChI is InChI=1S/C11H11Cl2N3O2.BrH/c1-18-9(17)5-15-4-6-8(16-11(15)14-16)3-2-7(12)10(6)13;/h2-3,11,14H,4-5H2,1H3;1H. The van der Waals surface area contributed by atoms with E-state index in [2.05, 4.69) is 10.2 Å². The Bertz CT molecular complexity index is 529. The number of carbonyl (C=O) groups is 1. The van der Waals surface area contributed by atoms with Gasteiger partial charge in [0.15, 0.2) is 6.29 Å². The Morgan fingerprint density at radius 2 is 2.26 bits per heavy atom. The second kappa shape index (κ2) is 5.46. The number of anilines is 1. The summed E-state index contributed by atoms with van der Waals surface area (Å²) in [6, 6.07) is 3.70. The van der Waals surface area contributed by atoms with Crippen LogP contribution in [-0.4, -0.2) is 30.8 Å². The number of hydrazine groups is 1. The lowest BCUT2D eigenvalue weighted by atomic mass is 10.1. The Labute approximate surface area is 131 Å². The van der Waals surface area contributed by atoms with Crippen molar-refractivity contribution in [3.63, 3.8) is 0 Å². The molecule has 0 saturated carbocycles. The summed E-state index contributed by atoms with van der Waals surface area (Å²) in [7, 11) is 1.38. The summed E-state index contributed by atoms with van der Waals surface area (Å²) in [5.41, 5.74) is 5.10. The largest absolute Gasteiger partial charge is 0.468 e. The van der Waals surface area contributed by atoms with E-state index in [0.29, 0.717) is 16.6 Å². The van der Waals surface area contributed by atoms with E-state index in [1.165, 1.54) is 7.11 Å². The number of fused-ring (bicyclic) bond motifs is 3. The van der Waals surface area contributed by atoms with Gasteiger partial charge in [0, 0.05) is 12.1 Å². The highest BCUT2D eigenvalue weighted by Gasteiger charge is 2.45. The van der Waals surface area contributed by atoms with Crippen molar-refractivity contribution < 1.29 is 9.53 Å². The van der Waals surface area contributed by atoms with Crippen LogP contribution in [0.3, 0.4) is 0 Å². The number of halogens is 3. The summed E-state index contributed by atoms with van der Waals surface area (Å²) in [4.78, 5) is 13.3. The first-order chi connectivity index (χ1) is 8.61. The monoisotopic (exact) mass is 367 g/mol. The summed E-state index contributed by atoms with van der Waals surface area (Å²) in [6.07, 6.45) is 0.0360. The molecule has 104 valence electrons. The van der Waals surface area contributed by atoms with E-state index in [1.54, 1.807) is 6.07 Å². The summed E-state index contributed by atoms with van der Waals surface area (Å²) >= 11 is 12.2. The van der Waals surface area contributed by atoms with E-state index in [0.717, 1.165) is 11.3 Å². The molecule has 1 atom stereocenters. The summed E-state index contributed by atoms with van der Waals surface area (Å²) < 4.78 is 4.68. The molecule has 1 N–H and O–H groups in total. The molecule has 1 saturated heterocycles. The quantitative estimate of drug-likeness (QED) is 0.640. The highest BCUT2D eigenvalue weighted by Crippen LogP contribution is 2.41. The average molecular weight is 369 g/mol. The van der Waals surface area contributed by atoms with Crippen LogP contribution in [0.5, 0.6) is 0 Å². The van der Waals surface area contributed by atoms with Crippen molar-refractivity contribution in [2.75, 3.05) is 18.7 Å². The molecule has 3 rings (SSSR count). The van der Waals surface area contributed by atoms with Gasteiger partial charge in [-0.2, -0.15) is 5.43 Å². The van der Waals surface area contributed by atoms with Crippen molar-refractivity contribution in [2.24, 2.45) is 0 Å². The number of nitrogens with zero attached hydrogens (tertiary/aromatic N) is 2. The maximum absolute atomic E-state index is 11.3. The first-order valence-electron chi connectivity index (χ1n) is 5.45. The third-order valence-corrected chi connectivity index (χ3v) is 3.97. The van der Waals surface area contributed by atoms with Crippen LogP contribution in [0.25, 0.3) is 0 Å². The molecule has 5 nitrogen and oxygen atoms in total. The van der Waals surface area contributed by atoms with Crippen molar-refractivity contribution in [1.82, 2.24) is 10.3 Å². The van der Waals surface area contributed by atoms with E-state index >= 15 is 0 Å². The number of methoxy groups -OCH3 is 1. The van der Waals surface area contributed by atoms with Gasteiger partial charge in [-0.15, -0.1) is 17.0 Å². The minimum atomic E-state index is -0.273. The Balaban J connectivity index is 0.00000133. The number of esters is 1. The van der Waals surface area contributed by atoms with Crippen LogP contribution < -0.4 is 10.4 Å². The first-order valence-corrected chi connectivity index (χ1v) is 6.20. The van der Waals surface area contributed by atoms with E-state index in [9.17, 15) is 4.79 Å². The van der Waals surface area contributed by atoms with Gasteiger partial charge < -0.3 is 4.74 Å². The molecule has 0 amide bonds. The predicted molar refractivity (Wildman–Crippen MR) is 78.6 cm³/mol. The zero-order valence-electron chi connectivity index (χ0n) is 10.0. The fraction of sp³-hybridized carbons (Fsp3) is 0.364. The molecular formula is C11H12BrCl2N3O2. The normalized spacial score (nSPS) is 20.2. The number of rotatable bonds is 2. The molecule has 0 spiro atoms. The topological polar surface area (TPSA) is 54.5 Å². The number of carbonyl (C=O) groups excluding carboxylic acids is 1. The average Bonchev–Trinajstić information content (AvgIpc) is 3.14. The lowest BCUT2D eigenvalue weighted by Crippen LogP contribution is -2.37. The van der Waals surface area contributed by atoms with Crippen LogP contribution in [0.2, 0.25) is 10.0 Å². The van der Waals surface area contributed by atoms with E-state index in [1.807, 2.05) is 16.0 Å². The second-order valence-corrected chi connectivity index (χ2v) is 5.00. The lowest BCUT2D eigenvalue weighted by molar-refractivity contribution is -0.142. The van der Waals surface area contributed by atoms with Gasteiger partial charge in [-0.05, 0) is 12.1 Å². The molecule has 2 heterocycles. The molecule has 8 heteroatoms. The van der Waals surface area contributed by atoms with Gasteiger partial charge in [-0.25, -0.2) is 0 Å². The number of ether oxygens (including phenoxy) is 1. The molecule has 19 heavy (non-hydrogen) atoms. The van der Waals surface area contributed by atoms with Gasteiger partial charge in [0.25, 0.3) is 0 Å². The van der Waals surface area contributed by atoms with Gasteiger partial charge in [-0.1, -0.05) is 23.2 Å². The number of hydrogen-bond donors (Lipinski definition) is 1. The Morgan fingerprint density at radius 1 is 1.53 bits per heavy atom. The molecule has 2 aliphatic rings. The Hall–Kier alpha value is -0.530. The van der Waals surface area contributed by atoms with Crippen molar-refractivity contribution >= 4 is 51.8 Å². The Kier molecular flexibility index (Phi) is 4.27. The zero-order valence-corrected chi connectivity index (χ0v) is 13.2. The van der Waals surface area contributed by atoms with Crippen LogP contribution >= 0.6 is 40.2 Å². The fourth-order valence-corrected chi connectivity index (χ4v) is 2.55. The summed E-state index contributed by atoms with van der Waals surface area (Å²) in [5, 5.41) is 3.01.